The zero-order valence-electron chi connectivity index (χ0n) is 19.9. The van der Waals surface area contributed by atoms with Crippen molar-refractivity contribution in [3.63, 3.8) is 0 Å². The molecule has 14 heteroatoms. The second-order valence-electron chi connectivity index (χ2n) is 8.15. The lowest BCUT2D eigenvalue weighted by molar-refractivity contribution is -0.191. The Bertz CT molecular complexity index is 1440. The number of aromatic amines is 1. The van der Waals surface area contributed by atoms with Crippen molar-refractivity contribution in [3.8, 4) is 28.6 Å². The minimum atomic E-state index is -5.00. The van der Waals surface area contributed by atoms with Crippen molar-refractivity contribution in [2.75, 3.05) is 6.61 Å². The van der Waals surface area contributed by atoms with E-state index in [4.69, 9.17) is 9.26 Å². The summed E-state index contributed by atoms with van der Waals surface area (Å²) in [7, 11) is 0. The van der Waals surface area contributed by atoms with Gasteiger partial charge in [0, 0.05) is 17.5 Å². The number of aromatic nitrogens is 4. The molecule has 0 amide bonds. The third-order valence-electron chi connectivity index (χ3n) is 5.38. The first-order valence-corrected chi connectivity index (χ1v) is 11.3. The van der Waals surface area contributed by atoms with E-state index in [9.17, 15) is 31.1 Å². The predicted molar refractivity (Wildman–Crippen MR) is 121 cm³/mol. The minimum Gasteiger partial charge on any atom is -0.481 e. The lowest BCUT2D eigenvalue weighted by Crippen LogP contribution is -2.31. The van der Waals surface area contributed by atoms with Gasteiger partial charge in [-0.3, -0.25) is 4.79 Å². The summed E-state index contributed by atoms with van der Waals surface area (Å²) < 4.78 is 93.7. The SMILES string of the molecule is CCOC(=O)CCc1nc2ccc(-c3noc(-c4ccc(OC(C)C(F)(F)F)c(C(F)(F)F)c4)n3)cc2[nH]1. The Kier molecular flexibility index (Phi) is 7.33. The molecule has 1 unspecified atom stereocenters. The minimum absolute atomic E-state index is 0.0594. The maximum Gasteiger partial charge on any atom is 0.425 e. The standard InChI is InChI=1S/C24H20F6N4O4/c1-3-36-20(35)9-8-19-31-16-6-4-13(11-17(16)32-19)21-33-22(38-34-21)14-5-7-18(15(10-14)24(28,29)30)37-12(2)23(25,26)27/h4-7,10-12H,3,8-9H2,1-2H3,(H,31,32). The van der Waals surface area contributed by atoms with Gasteiger partial charge in [-0.25, -0.2) is 4.98 Å². The molecule has 2 aromatic carbocycles. The number of aryl methyl sites for hydroxylation is 1. The van der Waals surface area contributed by atoms with E-state index in [-0.39, 0.29) is 36.3 Å². The molecule has 0 bridgehead atoms. The number of carbonyl (C=O) groups is 1. The van der Waals surface area contributed by atoms with Crippen LogP contribution in [0.3, 0.4) is 0 Å². The highest BCUT2D eigenvalue weighted by Gasteiger charge is 2.41. The van der Waals surface area contributed by atoms with Gasteiger partial charge in [0.15, 0.2) is 6.10 Å². The van der Waals surface area contributed by atoms with Crippen LogP contribution in [0.2, 0.25) is 0 Å². The quantitative estimate of drug-likeness (QED) is 0.211. The van der Waals surface area contributed by atoms with Gasteiger partial charge in [-0.1, -0.05) is 5.16 Å². The monoisotopic (exact) mass is 542 g/mol. The van der Waals surface area contributed by atoms with Crippen molar-refractivity contribution >= 4 is 17.0 Å². The molecule has 0 fully saturated rings. The summed E-state index contributed by atoms with van der Waals surface area (Å²) in [6.45, 7) is 2.60. The molecule has 38 heavy (non-hydrogen) atoms. The van der Waals surface area contributed by atoms with E-state index in [0.29, 0.717) is 41.8 Å². The van der Waals surface area contributed by atoms with Gasteiger partial charge in [0.2, 0.25) is 5.82 Å². The molecule has 2 heterocycles. The molecular weight excluding hydrogens is 522 g/mol. The summed E-state index contributed by atoms with van der Waals surface area (Å²) in [5.74, 6) is -0.990. The number of rotatable bonds is 8. The number of halogens is 6. The highest BCUT2D eigenvalue weighted by atomic mass is 19.4. The van der Waals surface area contributed by atoms with E-state index in [2.05, 4.69) is 24.8 Å². The molecule has 0 saturated heterocycles. The molecule has 0 radical (unpaired) electrons. The highest BCUT2D eigenvalue weighted by Crippen LogP contribution is 2.40. The first-order valence-electron chi connectivity index (χ1n) is 11.3. The molecule has 4 rings (SSSR count). The van der Waals surface area contributed by atoms with Gasteiger partial charge >= 0.3 is 18.3 Å². The number of hydrogen-bond donors (Lipinski definition) is 1. The van der Waals surface area contributed by atoms with Crippen LogP contribution in [0.5, 0.6) is 5.75 Å². The van der Waals surface area contributed by atoms with E-state index in [0.717, 1.165) is 12.1 Å². The van der Waals surface area contributed by atoms with Gasteiger partial charge in [0.25, 0.3) is 5.89 Å². The Balaban J connectivity index is 1.58. The molecule has 8 nitrogen and oxygen atoms in total. The predicted octanol–water partition coefficient (Wildman–Crippen LogP) is 6.12. The van der Waals surface area contributed by atoms with Gasteiger partial charge in [-0.05, 0) is 50.2 Å². The second kappa shape index (κ2) is 10.3. The van der Waals surface area contributed by atoms with Crippen LogP contribution < -0.4 is 4.74 Å². The fourth-order valence-corrected chi connectivity index (χ4v) is 3.48. The van der Waals surface area contributed by atoms with Crippen LogP contribution in [0.15, 0.2) is 40.9 Å². The summed E-state index contributed by atoms with van der Waals surface area (Å²) >= 11 is 0. The topological polar surface area (TPSA) is 103 Å². The van der Waals surface area contributed by atoms with Crippen LogP contribution in [-0.4, -0.2) is 45.0 Å². The molecular formula is C24H20F6N4O4. The number of nitrogens with zero attached hydrogens (tertiary/aromatic N) is 3. The van der Waals surface area contributed by atoms with Gasteiger partial charge < -0.3 is 19.0 Å². The summed E-state index contributed by atoms with van der Waals surface area (Å²) in [6, 6.07) is 7.41. The molecule has 4 aromatic rings. The zero-order chi connectivity index (χ0) is 27.7. The van der Waals surface area contributed by atoms with Crippen LogP contribution in [0.4, 0.5) is 26.3 Å². The number of ether oxygens (including phenoxy) is 2. The highest BCUT2D eigenvalue weighted by molar-refractivity contribution is 5.81. The Morgan fingerprint density at radius 2 is 1.79 bits per heavy atom. The van der Waals surface area contributed by atoms with E-state index in [1.165, 1.54) is 0 Å². The van der Waals surface area contributed by atoms with Crippen LogP contribution in [-0.2, 0) is 22.1 Å². The first-order chi connectivity index (χ1) is 17.8. The Hall–Kier alpha value is -4.10. The van der Waals surface area contributed by atoms with Crippen LogP contribution in [0.25, 0.3) is 33.9 Å². The maximum atomic E-state index is 13.6. The largest absolute Gasteiger partial charge is 0.481 e. The first kappa shape index (κ1) is 26.9. The Morgan fingerprint density at radius 1 is 1.05 bits per heavy atom. The van der Waals surface area contributed by atoms with Crippen molar-refractivity contribution in [3.05, 3.63) is 47.8 Å². The second-order valence-corrected chi connectivity index (χ2v) is 8.15. The molecule has 202 valence electrons. The number of fused-ring (bicyclic) bond motifs is 1. The van der Waals surface area contributed by atoms with Crippen LogP contribution in [0, 0.1) is 0 Å². The molecule has 0 aliphatic carbocycles. The van der Waals surface area contributed by atoms with Crippen molar-refractivity contribution in [1.82, 2.24) is 20.1 Å². The molecule has 0 spiro atoms. The van der Waals surface area contributed by atoms with Gasteiger partial charge in [0.1, 0.15) is 11.6 Å². The third-order valence-corrected chi connectivity index (χ3v) is 5.38. The summed E-state index contributed by atoms with van der Waals surface area (Å²) in [6.07, 6.45) is -11.8. The van der Waals surface area contributed by atoms with E-state index in [1.54, 1.807) is 25.1 Å². The van der Waals surface area contributed by atoms with Crippen molar-refractivity contribution in [2.45, 2.75) is 45.1 Å². The van der Waals surface area contributed by atoms with Crippen molar-refractivity contribution in [1.29, 1.82) is 0 Å². The number of carbonyl (C=O) groups excluding carboxylic acids is 1. The van der Waals surface area contributed by atoms with Crippen LogP contribution >= 0.6 is 0 Å². The molecule has 0 saturated carbocycles. The lowest BCUT2D eigenvalue weighted by atomic mass is 10.1. The zero-order valence-corrected chi connectivity index (χ0v) is 19.9. The number of alkyl halides is 6. The van der Waals surface area contributed by atoms with Gasteiger partial charge in [-0.2, -0.15) is 31.3 Å². The average molecular weight is 542 g/mol. The molecule has 2 aromatic heterocycles. The number of hydrogen-bond acceptors (Lipinski definition) is 7. The number of benzene rings is 2. The van der Waals surface area contributed by atoms with Crippen molar-refractivity contribution < 1.29 is 45.1 Å². The number of esters is 1. The van der Waals surface area contributed by atoms with E-state index < -0.39 is 29.8 Å². The lowest BCUT2D eigenvalue weighted by Gasteiger charge is -2.20. The summed E-state index contributed by atoms with van der Waals surface area (Å²) in [4.78, 5) is 23.2. The van der Waals surface area contributed by atoms with Gasteiger partial charge in [-0.15, -0.1) is 0 Å². The van der Waals surface area contributed by atoms with Crippen molar-refractivity contribution in [2.24, 2.45) is 0 Å². The van der Waals surface area contributed by atoms with E-state index in [1.807, 2.05) is 0 Å². The van der Waals surface area contributed by atoms with Gasteiger partial charge in [0.05, 0.1) is 29.6 Å². The Labute approximate surface area is 211 Å². The third kappa shape index (κ3) is 6.06. The summed E-state index contributed by atoms with van der Waals surface area (Å²) in [5, 5.41) is 3.81. The molecule has 1 N–H and O–H groups in total. The summed E-state index contributed by atoms with van der Waals surface area (Å²) in [5.41, 5.74) is 0.0947. The molecule has 0 aliphatic heterocycles. The smallest absolute Gasteiger partial charge is 0.425 e. The number of H-pyrrole nitrogens is 1. The Morgan fingerprint density at radius 3 is 2.47 bits per heavy atom. The number of nitrogens with one attached hydrogen (secondary N) is 1. The average Bonchev–Trinajstić information content (AvgIpc) is 3.48. The van der Waals surface area contributed by atoms with Crippen LogP contribution in [0.1, 0.15) is 31.7 Å². The maximum absolute atomic E-state index is 13.6. The normalized spacial score (nSPS) is 13.1. The molecule has 1 atom stereocenters. The fraction of sp³-hybridized carbons (Fsp3) is 0.333. The fourth-order valence-electron chi connectivity index (χ4n) is 3.48. The molecule has 0 aliphatic rings. The number of imidazole rings is 1. The van der Waals surface area contributed by atoms with E-state index >= 15 is 0 Å².